The average Bonchev–Trinajstić information content (AvgIpc) is 3.41. The van der Waals surface area contributed by atoms with E-state index in [0.29, 0.717) is 19.4 Å². The van der Waals surface area contributed by atoms with Crippen molar-refractivity contribution < 1.29 is 24.5 Å². The molecule has 1 amide bonds. The Morgan fingerprint density at radius 1 is 0.360 bits per heavy atom. The third-order valence-electron chi connectivity index (χ3n) is 16.0. The highest BCUT2D eigenvalue weighted by Crippen LogP contribution is 2.18. The first-order valence-electron chi connectivity index (χ1n) is 34.1. The molecule has 2 unspecified atom stereocenters. The zero-order chi connectivity index (χ0) is 54.3. The summed E-state index contributed by atoms with van der Waals surface area (Å²) in [5, 5.41) is 23.2. The van der Waals surface area contributed by atoms with E-state index >= 15 is 0 Å². The van der Waals surface area contributed by atoms with Gasteiger partial charge in [-0.2, -0.15) is 0 Å². The SMILES string of the molecule is CCCCCCCCCCCCCCCCCCCCCCCCC/C=C/C(O)C(CO)NC(=O)CCCCCCC/C=C\CCCCCCCCCOC(=O)CCCCCCCCCCCCCCCCCCC. The molecule has 6 nitrogen and oxygen atoms in total. The Bertz CT molecular complexity index is 1170. The average molecular weight is 1060 g/mol. The number of carbonyl (C=O) groups excluding carboxylic acids is 2. The van der Waals surface area contributed by atoms with Crippen LogP contribution in [0.3, 0.4) is 0 Å². The van der Waals surface area contributed by atoms with Crippen LogP contribution in [0, 0.1) is 0 Å². The molecule has 0 spiro atoms. The highest BCUT2D eigenvalue weighted by molar-refractivity contribution is 5.76. The van der Waals surface area contributed by atoms with Gasteiger partial charge in [0.15, 0.2) is 0 Å². The zero-order valence-corrected chi connectivity index (χ0v) is 50.8. The number of unbranched alkanes of at least 4 members (excludes halogenated alkanes) is 51. The summed E-state index contributed by atoms with van der Waals surface area (Å²) in [6.07, 6.45) is 81.0. The van der Waals surface area contributed by atoms with E-state index in [-0.39, 0.29) is 18.5 Å². The van der Waals surface area contributed by atoms with E-state index in [1.807, 2.05) is 6.08 Å². The van der Waals surface area contributed by atoms with E-state index in [9.17, 15) is 19.8 Å². The van der Waals surface area contributed by atoms with E-state index in [4.69, 9.17) is 4.74 Å². The van der Waals surface area contributed by atoms with Crippen LogP contribution in [0.5, 0.6) is 0 Å². The fourth-order valence-corrected chi connectivity index (χ4v) is 10.7. The molecule has 2 atom stereocenters. The molecule has 0 aromatic rings. The number of hydrogen-bond donors (Lipinski definition) is 3. The normalized spacial score (nSPS) is 12.6. The number of aliphatic hydroxyl groups is 2. The van der Waals surface area contributed by atoms with Crippen molar-refractivity contribution in [3.05, 3.63) is 24.3 Å². The maximum atomic E-state index is 12.5. The molecule has 0 aliphatic carbocycles. The zero-order valence-electron chi connectivity index (χ0n) is 50.8. The second-order valence-electron chi connectivity index (χ2n) is 23.5. The number of aliphatic hydroxyl groups excluding tert-OH is 2. The Morgan fingerprint density at radius 3 is 0.947 bits per heavy atom. The predicted molar refractivity (Wildman–Crippen MR) is 329 cm³/mol. The van der Waals surface area contributed by atoms with Crippen LogP contribution in [0.2, 0.25) is 0 Å². The van der Waals surface area contributed by atoms with E-state index < -0.39 is 12.1 Å². The van der Waals surface area contributed by atoms with Crippen molar-refractivity contribution in [1.29, 1.82) is 0 Å². The minimum Gasteiger partial charge on any atom is -0.466 e. The summed E-state index contributed by atoms with van der Waals surface area (Å²) in [5.41, 5.74) is 0. The molecule has 75 heavy (non-hydrogen) atoms. The number of hydrogen-bond acceptors (Lipinski definition) is 5. The number of carbonyl (C=O) groups is 2. The number of rotatable bonds is 64. The van der Waals surface area contributed by atoms with Gasteiger partial charge >= 0.3 is 5.97 Å². The number of ether oxygens (including phenoxy) is 1. The summed E-state index contributed by atoms with van der Waals surface area (Å²) in [7, 11) is 0. The molecule has 0 aromatic heterocycles. The molecule has 0 aromatic carbocycles. The lowest BCUT2D eigenvalue weighted by Crippen LogP contribution is -2.45. The monoisotopic (exact) mass is 1060 g/mol. The standard InChI is InChI=1S/C69H133NO5/c1-3-5-7-9-11-13-15-17-19-21-22-23-24-25-26-27-28-30-33-37-41-45-49-53-57-61-67(72)66(65-71)70-68(73)62-58-54-50-46-42-38-34-31-32-36-40-44-48-52-56-60-64-75-69(74)63-59-55-51-47-43-39-35-29-20-18-16-14-12-10-8-6-4-2/h31,34,57,61,66-67,71-72H,3-30,32-33,35-56,58-60,62-65H2,1-2H3,(H,70,73)/b34-31-,61-57+. The van der Waals surface area contributed by atoms with Gasteiger partial charge < -0.3 is 20.3 Å². The van der Waals surface area contributed by atoms with Crippen molar-refractivity contribution in [2.45, 2.75) is 392 Å². The molecule has 444 valence electrons. The summed E-state index contributed by atoms with van der Waals surface area (Å²) < 4.78 is 5.49. The molecule has 0 aliphatic rings. The first-order valence-corrected chi connectivity index (χ1v) is 34.1. The molecule has 0 saturated heterocycles. The molecule has 0 aliphatic heterocycles. The summed E-state index contributed by atoms with van der Waals surface area (Å²) in [4.78, 5) is 24.6. The Labute approximate surface area is 469 Å². The van der Waals surface area contributed by atoms with Crippen LogP contribution in [0.4, 0.5) is 0 Å². The predicted octanol–water partition coefficient (Wildman–Crippen LogP) is 21.8. The van der Waals surface area contributed by atoms with Crippen molar-refractivity contribution in [3.8, 4) is 0 Å². The van der Waals surface area contributed by atoms with Gasteiger partial charge in [-0.1, -0.05) is 334 Å². The maximum absolute atomic E-state index is 12.5. The highest BCUT2D eigenvalue weighted by atomic mass is 16.5. The Hall–Kier alpha value is -1.66. The van der Waals surface area contributed by atoms with Crippen molar-refractivity contribution >= 4 is 11.9 Å². The highest BCUT2D eigenvalue weighted by Gasteiger charge is 2.18. The van der Waals surface area contributed by atoms with Crippen LogP contribution in [-0.2, 0) is 14.3 Å². The number of nitrogens with one attached hydrogen (secondary N) is 1. The largest absolute Gasteiger partial charge is 0.466 e. The van der Waals surface area contributed by atoms with E-state index in [2.05, 4.69) is 31.3 Å². The quantitative estimate of drug-likeness (QED) is 0.0320. The lowest BCUT2D eigenvalue weighted by atomic mass is 10.0. The minimum atomic E-state index is -0.856. The van der Waals surface area contributed by atoms with Crippen molar-refractivity contribution in [1.82, 2.24) is 5.32 Å². The summed E-state index contributed by atoms with van der Waals surface area (Å²) in [6.45, 7) is 4.92. The van der Waals surface area contributed by atoms with Crippen molar-refractivity contribution in [2.24, 2.45) is 0 Å². The van der Waals surface area contributed by atoms with E-state index in [0.717, 1.165) is 64.2 Å². The molecule has 3 N–H and O–H groups in total. The number of allylic oxidation sites excluding steroid dienone is 3. The summed E-state index contributed by atoms with van der Waals surface area (Å²) in [6, 6.07) is -0.641. The lowest BCUT2D eigenvalue weighted by Gasteiger charge is -2.20. The van der Waals surface area contributed by atoms with Crippen LogP contribution in [0.15, 0.2) is 24.3 Å². The van der Waals surface area contributed by atoms with Gasteiger partial charge in [0.25, 0.3) is 0 Å². The van der Waals surface area contributed by atoms with Gasteiger partial charge in [-0.25, -0.2) is 0 Å². The first kappa shape index (κ1) is 73.3. The molecule has 0 saturated carbocycles. The Morgan fingerprint density at radius 2 is 0.627 bits per heavy atom. The molecular weight excluding hydrogens is 923 g/mol. The van der Waals surface area contributed by atoms with Gasteiger partial charge in [-0.3, -0.25) is 9.59 Å². The van der Waals surface area contributed by atoms with E-state index in [1.165, 1.54) is 289 Å². The molecule has 6 heteroatoms. The fourth-order valence-electron chi connectivity index (χ4n) is 10.7. The van der Waals surface area contributed by atoms with Crippen LogP contribution < -0.4 is 5.32 Å². The smallest absolute Gasteiger partial charge is 0.305 e. The second-order valence-corrected chi connectivity index (χ2v) is 23.5. The van der Waals surface area contributed by atoms with Gasteiger partial charge in [0, 0.05) is 12.8 Å². The molecule has 0 fully saturated rings. The van der Waals surface area contributed by atoms with Gasteiger partial charge in [0.2, 0.25) is 5.91 Å². The van der Waals surface area contributed by atoms with Crippen LogP contribution in [0.25, 0.3) is 0 Å². The molecule has 0 bridgehead atoms. The first-order chi connectivity index (χ1) is 37.0. The Balaban J connectivity index is 3.47. The lowest BCUT2D eigenvalue weighted by molar-refractivity contribution is -0.143. The fraction of sp³-hybridized carbons (Fsp3) is 0.913. The molecule has 0 heterocycles. The van der Waals surface area contributed by atoms with Crippen molar-refractivity contribution in [2.75, 3.05) is 13.2 Å². The third-order valence-corrected chi connectivity index (χ3v) is 16.0. The number of amides is 1. The summed E-state index contributed by atoms with van der Waals surface area (Å²) in [5.74, 6) is -0.0796. The second kappa shape index (κ2) is 64.9. The molecular formula is C69H133NO5. The number of esters is 1. The van der Waals surface area contributed by atoms with Gasteiger partial charge in [-0.05, 0) is 57.8 Å². The summed E-state index contributed by atoms with van der Waals surface area (Å²) >= 11 is 0. The van der Waals surface area contributed by atoms with Gasteiger partial charge in [-0.15, -0.1) is 0 Å². The Kier molecular flexibility index (Phi) is 63.4. The van der Waals surface area contributed by atoms with Gasteiger partial charge in [0.1, 0.15) is 0 Å². The van der Waals surface area contributed by atoms with Crippen molar-refractivity contribution in [3.63, 3.8) is 0 Å². The minimum absolute atomic E-state index is 0.00110. The van der Waals surface area contributed by atoms with Gasteiger partial charge in [0.05, 0.1) is 25.4 Å². The maximum Gasteiger partial charge on any atom is 0.305 e. The topological polar surface area (TPSA) is 95.9 Å². The molecule has 0 radical (unpaired) electrons. The van der Waals surface area contributed by atoms with Crippen LogP contribution in [-0.4, -0.2) is 47.4 Å². The van der Waals surface area contributed by atoms with Crippen LogP contribution in [0.1, 0.15) is 380 Å². The third kappa shape index (κ3) is 61.4. The molecule has 0 rings (SSSR count). The van der Waals surface area contributed by atoms with E-state index in [1.54, 1.807) is 6.08 Å². The van der Waals surface area contributed by atoms with Crippen LogP contribution >= 0.6 is 0 Å².